The zero-order valence-corrected chi connectivity index (χ0v) is 21.5. The van der Waals surface area contributed by atoms with Crippen LogP contribution in [0.1, 0.15) is 47.3 Å². The Morgan fingerprint density at radius 3 is 2.45 bits per heavy atom. The van der Waals surface area contributed by atoms with Gasteiger partial charge in [-0.3, -0.25) is 4.79 Å². The van der Waals surface area contributed by atoms with Crippen molar-refractivity contribution in [3.63, 3.8) is 0 Å². The third kappa shape index (κ3) is 5.18. The summed E-state index contributed by atoms with van der Waals surface area (Å²) in [5.74, 6) is 1.25. The van der Waals surface area contributed by atoms with Gasteiger partial charge in [-0.1, -0.05) is 57.2 Å². The first-order valence-corrected chi connectivity index (χ1v) is 14.2. The smallest absolute Gasteiger partial charge is 0.274 e. The third-order valence-corrected chi connectivity index (χ3v) is 6.64. The molecule has 0 unspecified atom stereocenters. The lowest BCUT2D eigenvalue weighted by molar-refractivity contribution is 0.103. The zero-order chi connectivity index (χ0) is 23.6. The summed E-state index contributed by atoms with van der Waals surface area (Å²) in [4.78, 5) is 17.5. The minimum Gasteiger partial charge on any atom is -0.542 e. The Bertz CT molecular complexity index is 1280. The van der Waals surface area contributed by atoms with E-state index in [0.29, 0.717) is 22.9 Å². The zero-order valence-electron chi connectivity index (χ0n) is 19.6. The van der Waals surface area contributed by atoms with Crippen molar-refractivity contribution in [3.8, 4) is 11.5 Å². The maximum absolute atomic E-state index is 13.2. The monoisotopic (exact) mass is 474 g/mol. The second-order valence-corrected chi connectivity index (χ2v) is 12.1. The molecule has 0 aliphatic carbocycles. The molecule has 0 aliphatic rings. The van der Waals surface area contributed by atoms with Crippen LogP contribution in [0.2, 0.25) is 13.1 Å². The Labute approximate surface area is 200 Å². The van der Waals surface area contributed by atoms with Gasteiger partial charge in [-0.15, -0.1) is 11.3 Å². The maximum Gasteiger partial charge on any atom is 0.274 e. The number of benzene rings is 3. The molecular formula is C27H28NO3SSi. The van der Waals surface area contributed by atoms with Crippen LogP contribution in [0.25, 0.3) is 10.8 Å². The molecule has 0 amide bonds. The summed E-state index contributed by atoms with van der Waals surface area (Å²) in [7, 11) is -1.12. The third-order valence-electron chi connectivity index (χ3n) is 5.26. The van der Waals surface area contributed by atoms with Crippen LogP contribution in [0.15, 0.2) is 66.2 Å². The first-order valence-electron chi connectivity index (χ1n) is 10.9. The summed E-state index contributed by atoms with van der Waals surface area (Å²) in [6.07, 6.45) is 1.65. The van der Waals surface area contributed by atoms with Gasteiger partial charge in [-0.2, -0.15) is 0 Å². The van der Waals surface area contributed by atoms with Gasteiger partial charge in [-0.05, 0) is 53.0 Å². The fourth-order valence-electron chi connectivity index (χ4n) is 3.82. The van der Waals surface area contributed by atoms with Gasteiger partial charge >= 0.3 is 0 Å². The second-order valence-electron chi connectivity index (χ2n) is 9.21. The molecule has 0 fully saturated rings. The number of hydrogen-bond acceptors (Lipinski definition) is 5. The summed E-state index contributed by atoms with van der Waals surface area (Å²) in [6.45, 7) is 10.9. The van der Waals surface area contributed by atoms with Crippen LogP contribution in [-0.2, 0) is 12.0 Å². The molecule has 0 atom stereocenters. The Kier molecular flexibility index (Phi) is 6.67. The molecule has 169 valence electrons. The van der Waals surface area contributed by atoms with Crippen LogP contribution in [0.4, 0.5) is 0 Å². The Hall–Kier alpha value is -2.96. The molecule has 3 aromatic carbocycles. The highest BCUT2D eigenvalue weighted by Gasteiger charge is 2.30. The number of ether oxygens (including phenoxy) is 1. The summed E-state index contributed by atoms with van der Waals surface area (Å²) in [6, 6.07) is 18.4. The van der Waals surface area contributed by atoms with E-state index in [-0.39, 0.29) is 11.2 Å². The number of nitrogens with zero attached hydrogens (tertiary/aromatic N) is 1. The Morgan fingerprint density at radius 1 is 1.03 bits per heavy atom. The van der Waals surface area contributed by atoms with E-state index < -0.39 is 9.04 Å². The quantitative estimate of drug-likeness (QED) is 0.213. The van der Waals surface area contributed by atoms with Crippen LogP contribution in [0.3, 0.4) is 0 Å². The highest BCUT2D eigenvalue weighted by atomic mass is 32.1. The van der Waals surface area contributed by atoms with Crippen molar-refractivity contribution < 1.29 is 14.0 Å². The van der Waals surface area contributed by atoms with Crippen molar-refractivity contribution in [2.45, 2.75) is 45.9 Å². The normalized spacial score (nSPS) is 11.7. The molecule has 4 nitrogen and oxygen atoms in total. The van der Waals surface area contributed by atoms with E-state index in [9.17, 15) is 4.79 Å². The van der Waals surface area contributed by atoms with Crippen molar-refractivity contribution in [1.82, 2.24) is 4.98 Å². The lowest BCUT2D eigenvalue weighted by Crippen LogP contribution is -2.22. The first kappa shape index (κ1) is 23.2. The molecule has 0 bridgehead atoms. The van der Waals surface area contributed by atoms with E-state index in [0.717, 1.165) is 16.9 Å². The molecule has 1 radical (unpaired) electrons. The van der Waals surface area contributed by atoms with Gasteiger partial charge in [0.05, 0.1) is 5.56 Å². The average molecular weight is 475 g/mol. The molecule has 0 spiro atoms. The van der Waals surface area contributed by atoms with E-state index in [2.05, 4.69) is 69.2 Å². The summed E-state index contributed by atoms with van der Waals surface area (Å²) in [5, 5.41) is 4.67. The van der Waals surface area contributed by atoms with Gasteiger partial charge in [0.2, 0.25) is 5.78 Å². The van der Waals surface area contributed by atoms with E-state index in [4.69, 9.17) is 9.16 Å². The molecule has 0 aliphatic heterocycles. The highest BCUT2D eigenvalue weighted by Crippen LogP contribution is 2.42. The van der Waals surface area contributed by atoms with E-state index >= 15 is 0 Å². The van der Waals surface area contributed by atoms with Gasteiger partial charge in [0, 0.05) is 17.1 Å². The van der Waals surface area contributed by atoms with Crippen LogP contribution in [0, 0.1) is 0 Å². The number of carbonyl (C=O) groups excluding carboxylic acids is 1. The average Bonchev–Trinajstić information content (AvgIpc) is 3.31. The number of aromatic nitrogens is 1. The topological polar surface area (TPSA) is 48.4 Å². The largest absolute Gasteiger partial charge is 0.542 e. The fourth-order valence-corrected chi connectivity index (χ4v) is 5.03. The number of thiazole rings is 1. The first-order chi connectivity index (χ1) is 15.7. The minimum absolute atomic E-state index is 0.116. The maximum atomic E-state index is 13.2. The number of hydrogen-bond donors (Lipinski definition) is 0. The summed E-state index contributed by atoms with van der Waals surface area (Å²) in [5.41, 5.74) is 2.26. The van der Waals surface area contributed by atoms with E-state index in [1.54, 1.807) is 6.20 Å². The van der Waals surface area contributed by atoms with E-state index in [1.807, 2.05) is 29.6 Å². The number of carbonyl (C=O) groups is 1. The van der Waals surface area contributed by atoms with Crippen molar-refractivity contribution >= 4 is 36.9 Å². The molecule has 1 aromatic heterocycles. The molecule has 0 saturated heterocycles. The predicted octanol–water partition coefficient (Wildman–Crippen LogP) is 7.03. The van der Waals surface area contributed by atoms with Crippen LogP contribution >= 0.6 is 11.3 Å². The van der Waals surface area contributed by atoms with Crippen LogP contribution in [-0.4, -0.2) is 19.8 Å². The van der Waals surface area contributed by atoms with Gasteiger partial charge in [-0.25, -0.2) is 4.98 Å². The Balaban J connectivity index is 1.74. The van der Waals surface area contributed by atoms with Crippen LogP contribution in [0.5, 0.6) is 11.5 Å². The van der Waals surface area contributed by atoms with Crippen molar-refractivity contribution in [2.75, 3.05) is 0 Å². The van der Waals surface area contributed by atoms with Gasteiger partial charge in [0.1, 0.15) is 18.1 Å². The summed E-state index contributed by atoms with van der Waals surface area (Å²) < 4.78 is 12.7. The molecule has 0 saturated carbocycles. The number of ketones is 1. The SMILES string of the molecule is C[Si](C)Oc1c(C(=O)c2nccs2)ccc(OCc2ccc3ccccc3c2)c1C(C)(C)C. The predicted molar refractivity (Wildman–Crippen MR) is 137 cm³/mol. The molecule has 6 heteroatoms. The molecule has 4 aromatic rings. The lowest BCUT2D eigenvalue weighted by Gasteiger charge is -2.28. The van der Waals surface area contributed by atoms with Crippen molar-refractivity contribution in [2.24, 2.45) is 0 Å². The molecule has 0 N–H and O–H groups in total. The standard InChI is InChI=1S/C27H28NO3SSi/c1-27(2,3)23-22(30-17-18-10-11-19-8-6-7-9-20(19)16-18)13-12-21(25(23)31-33(4)5)24(29)26-28-14-15-32-26/h6-16H,17H2,1-5H3. The summed E-state index contributed by atoms with van der Waals surface area (Å²) >= 11 is 1.34. The highest BCUT2D eigenvalue weighted by molar-refractivity contribution is 7.11. The molecule has 1 heterocycles. The fraction of sp³-hybridized carbons (Fsp3) is 0.259. The van der Waals surface area contributed by atoms with Crippen LogP contribution < -0.4 is 9.16 Å². The van der Waals surface area contributed by atoms with Crippen molar-refractivity contribution in [3.05, 3.63) is 87.9 Å². The number of fused-ring (bicyclic) bond motifs is 1. The molecule has 33 heavy (non-hydrogen) atoms. The lowest BCUT2D eigenvalue weighted by atomic mass is 9.84. The minimum atomic E-state index is -1.12. The van der Waals surface area contributed by atoms with Gasteiger partial charge < -0.3 is 9.16 Å². The molecular weight excluding hydrogens is 446 g/mol. The second kappa shape index (κ2) is 9.49. The number of rotatable bonds is 7. The van der Waals surface area contributed by atoms with E-state index in [1.165, 1.54) is 22.1 Å². The van der Waals surface area contributed by atoms with Gasteiger partial charge in [0.15, 0.2) is 5.01 Å². The van der Waals surface area contributed by atoms with Crippen molar-refractivity contribution in [1.29, 1.82) is 0 Å². The van der Waals surface area contributed by atoms with Gasteiger partial charge in [0.25, 0.3) is 9.04 Å². The Morgan fingerprint density at radius 2 is 1.79 bits per heavy atom. The molecule has 4 rings (SSSR count).